The number of aliphatic hydroxyl groups is 1. The molecule has 14 heavy (non-hydrogen) atoms. The Morgan fingerprint density at radius 1 is 1.79 bits per heavy atom. The highest BCUT2D eigenvalue weighted by Crippen LogP contribution is 2.09. The summed E-state index contributed by atoms with van der Waals surface area (Å²) in [6, 6.07) is -0.0428. The number of nitrogens with one attached hydrogen (secondary N) is 2. The fourth-order valence-electron chi connectivity index (χ4n) is 1.25. The van der Waals surface area contributed by atoms with Crippen LogP contribution in [0.25, 0.3) is 0 Å². The van der Waals surface area contributed by atoms with Gasteiger partial charge in [-0.25, -0.2) is 0 Å². The summed E-state index contributed by atoms with van der Waals surface area (Å²) in [6.45, 7) is 2.50. The Hall–Kier alpha value is -0.260. The van der Waals surface area contributed by atoms with E-state index in [1.165, 1.54) is 0 Å². The third-order valence-corrected chi connectivity index (χ3v) is 3.22. The maximum atomic E-state index is 11.4. The van der Waals surface area contributed by atoms with Crippen molar-refractivity contribution in [2.24, 2.45) is 0 Å². The van der Waals surface area contributed by atoms with Crippen molar-refractivity contribution in [3.05, 3.63) is 0 Å². The van der Waals surface area contributed by atoms with Crippen LogP contribution in [0.2, 0.25) is 0 Å². The quantitative estimate of drug-likeness (QED) is 0.604. The molecule has 0 saturated carbocycles. The van der Waals surface area contributed by atoms with E-state index in [9.17, 15) is 9.90 Å². The van der Waals surface area contributed by atoms with E-state index in [1.54, 1.807) is 11.8 Å². The molecule has 1 aliphatic rings. The Morgan fingerprint density at radius 2 is 2.57 bits per heavy atom. The molecule has 5 heteroatoms. The van der Waals surface area contributed by atoms with Crippen LogP contribution >= 0.6 is 11.8 Å². The number of hydrogen-bond acceptors (Lipinski definition) is 4. The van der Waals surface area contributed by atoms with Gasteiger partial charge < -0.3 is 10.4 Å². The summed E-state index contributed by atoms with van der Waals surface area (Å²) in [5.74, 6) is 1.76. The molecular weight excluding hydrogens is 200 g/mol. The molecule has 3 N–H and O–H groups in total. The number of carbonyl (C=O) groups excluding carboxylic acids is 1. The minimum Gasteiger partial charge on any atom is -0.393 e. The van der Waals surface area contributed by atoms with Gasteiger partial charge in [0.25, 0.3) is 0 Å². The van der Waals surface area contributed by atoms with Crippen LogP contribution in [0.5, 0.6) is 0 Å². The van der Waals surface area contributed by atoms with E-state index in [1.807, 2.05) is 6.92 Å². The lowest BCUT2D eigenvalue weighted by molar-refractivity contribution is -0.122. The standard InChI is InChI=1S/C9H18N2O2S/c1-2-7(12)3-4-10-9(13)8-5-14-6-11-8/h7-8,11-12H,2-6H2,1H3,(H,10,13)/t7?,8-/m1/s1. The first-order valence-electron chi connectivity index (χ1n) is 5.01. The number of aliphatic hydroxyl groups excluding tert-OH is 1. The van der Waals surface area contributed by atoms with E-state index in [4.69, 9.17) is 0 Å². The van der Waals surface area contributed by atoms with Crippen molar-refractivity contribution in [1.82, 2.24) is 10.6 Å². The van der Waals surface area contributed by atoms with Crippen molar-refractivity contribution in [3.63, 3.8) is 0 Å². The molecule has 0 aromatic heterocycles. The predicted molar refractivity (Wildman–Crippen MR) is 58.2 cm³/mol. The van der Waals surface area contributed by atoms with E-state index < -0.39 is 0 Å². The van der Waals surface area contributed by atoms with Crippen LogP contribution in [0.1, 0.15) is 19.8 Å². The van der Waals surface area contributed by atoms with Gasteiger partial charge in [-0.1, -0.05) is 6.92 Å². The number of thioether (sulfide) groups is 1. The summed E-state index contributed by atoms with van der Waals surface area (Å²) in [4.78, 5) is 11.4. The average Bonchev–Trinajstić information content (AvgIpc) is 2.70. The average molecular weight is 218 g/mol. The molecule has 1 aliphatic heterocycles. The molecule has 1 heterocycles. The second kappa shape index (κ2) is 6.27. The summed E-state index contributed by atoms with van der Waals surface area (Å²) < 4.78 is 0. The highest BCUT2D eigenvalue weighted by Gasteiger charge is 2.21. The molecule has 1 fully saturated rings. The van der Waals surface area contributed by atoms with Gasteiger partial charge in [-0.05, 0) is 12.8 Å². The molecule has 0 aromatic rings. The van der Waals surface area contributed by atoms with E-state index in [0.717, 1.165) is 18.1 Å². The van der Waals surface area contributed by atoms with Gasteiger partial charge in [-0.15, -0.1) is 11.8 Å². The molecule has 4 nitrogen and oxygen atoms in total. The molecule has 0 radical (unpaired) electrons. The highest BCUT2D eigenvalue weighted by atomic mass is 32.2. The number of rotatable bonds is 5. The lowest BCUT2D eigenvalue weighted by Gasteiger charge is -2.12. The van der Waals surface area contributed by atoms with Crippen LogP contribution in [0, 0.1) is 0 Å². The van der Waals surface area contributed by atoms with E-state index in [2.05, 4.69) is 10.6 Å². The Kier molecular flexibility index (Phi) is 5.29. The normalized spacial score (nSPS) is 23.4. The SMILES string of the molecule is CCC(O)CCNC(=O)[C@H]1CSCN1. The Balaban J connectivity index is 2.08. The van der Waals surface area contributed by atoms with Gasteiger partial charge >= 0.3 is 0 Å². The van der Waals surface area contributed by atoms with E-state index >= 15 is 0 Å². The van der Waals surface area contributed by atoms with Gasteiger partial charge in [0.1, 0.15) is 0 Å². The highest BCUT2D eigenvalue weighted by molar-refractivity contribution is 7.99. The summed E-state index contributed by atoms with van der Waals surface area (Å²) in [7, 11) is 0. The van der Waals surface area contributed by atoms with Crippen molar-refractivity contribution >= 4 is 17.7 Å². The van der Waals surface area contributed by atoms with Crippen molar-refractivity contribution in [2.75, 3.05) is 18.2 Å². The molecule has 1 saturated heterocycles. The minimum absolute atomic E-state index is 0.0428. The van der Waals surface area contributed by atoms with Crippen LogP contribution in [0.3, 0.4) is 0 Å². The van der Waals surface area contributed by atoms with Crippen LogP contribution in [0.4, 0.5) is 0 Å². The monoisotopic (exact) mass is 218 g/mol. The maximum Gasteiger partial charge on any atom is 0.238 e. The molecule has 0 aromatic carbocycles. The van der Waals surface area contributed by atoms with Crippen molar-refractivity contribution < 1.29 is 9.90 Å². The topological polar surface area (TPSA) is 61.4 Å². The molecule has 0 bridgehead atoms. The molecule has 1 unspecified atom stereocenters. The first-order valence-corrected chi connectivity index (χ1v) is 6.16. The van der Waals surface area contributed by atoms with Gasteiger partial charge in [0, 0.05) is 18.2 Å². The third kappa shape index (κ3) is 3.86. The maximum absolute atomic E-state index is 11.4. The van der Waals surface area contributed by atoms with E-state index in [-0.39, 0.29) is 18.1 Å². The summed E-state index contributed by atoms with van der Waals surface area (Å²) in [5.41, 5.74) is 0. The lowest BCUT2D eigenvalue weighted by atomic mass is 10.2. The van der Waals surface area contributed by atoms with Crippen LogP contribution in [-0.4, -0.2) is 41.3 Å². The Labute approximate surface area is 88.8 Å². The molecule has 2 atom stereocenters. The van der Waals surface area contributed by atoms with Crippen LogP contribution < -0.4 is 10.6 Å². The Bertz CT molecular complexity index is 184. The van der Waals surface area contributed by atoms with Crippen molar-refractivity contribution in [3.8, 4) is 0 Å². The van der Waals surface area contributed by atoms with Gasteiger partial charge in [0.05, 0.1) is 12.1 Å². The molecule has 1 amide bonds. The second-order valence-corrected chi connectivity index (χ2v) is 4.44. The molecular formula is C9H18N2O2S. The fraction of sp³-hybridized carbons (Fsp3) is 0.889. The van der Waals surface area contributed by atoms with Gasteiger partial charge in [0.2, 0.25) is 5.91 Å². The summed E-state index contributed by atoms with van der Waals surface area (Å²) >= 11 is 1.73. The Morgan fingerprint density at radius 3 is 3.14 bits per heavy atom. The fourth-order valence-corrected chi connectivity index (χ4v) is 2.19. The number of hydrogen-bond donors (Lipinski definition) is 3. The molecule has 0 aliphatic carbocycles. The largest absolute Gasteiger partial charge is 0.393 e. The zero-order valence-electron chi connectivity index (χ0n) is 8.45. The first kappa shape index (κ1) is 11.8. The predicted octanol–water partition coefficient (Wildman–Crippen LogP) is -0.0739. The van der Waals surface area contributed by atoms with E-state index in [0.29, 0.717) is 13.0 Å². The molecule has 0 spiro atoms. The summed E-state index contributed by atoms with van der Waals surface area (Å²) in [5, 5.41) is 15.2. The number of amides is 1. The number of carbonyl (C=O) groups is 1. The van der Waals surface area contributed by atoms with Crippen LogP contribution in [0.15, 0.2) is 0 Å². The molecule has 1 rings (SSSR count). The minimum atomic E-state index is -0.291. The summed E-state index contributed by atoms with van der Waals surface area (Å²) in [6.07, 6.45) is 1.09. The van der Waals surface area contributed by atoms with Crippen molar-refractivity contribution in [1.29, 1.82) is 0 Å². The van der Waals surface area contributed by atoms with Crippen LogP contribution in [-0.2, 0) is 4.79 Å². The smallest absolute Gasteiger partial charge is 0.238 e. The lowest BCUT2D eigenvalue weighted by Crippen LogP contribution is -2.42. The molecule has 82 valence electrons. The zero-order chi connectivity index (χ0) is 10.4. The first-order chi connectivity index (χ1) is 6.74. The third-order valence-electron chi connectivity index (χ3n) is 2.28. The van der Waals surface area contributed by atoms with Gasteiger partial charge in [0.15, 0.2) is 0 Å². The van der Waals surface area contributed by atoms with Gasteiger partial charge in [-0.3, -0.25) is 10.1 Å². The second-order valence-electron chi connectivity index (χ2n) is 3.41. The van der Waals surface area contributed by atoms with Crippen molar-refractivity contribution in [2.45, 2.75) is 31.9 Å². The van der Waals surface area contributed by atoms with Gasteiger partial charge in [-0.2, -0.15) is 0 Å². The zero-order valence-corrected chi connectivity index (χ0v) is 9.27.